The molecule has 3 aromatic carbocycles. The lowest BCUT2D eigenvalue weighted by molar-refractivity contribution is 0.477. The van der Waals surface area contributed by atoms with Gasteiger partial charge in [0.25, 0.3) is 0 Å². The third kappa shape index (κ3) is 3.67. The fourth-order valence-corrected chi connectivity index (χ4v) is 2.45. The number of phenolic OH excluding ortho intramolecular Hbond substituents is 1. The molecule has 0 aliphatic rings. The molecule has 0 aliphatic heterocycles. The molecule has 0 aromatic heterocycles. The van der Waals surface area contributed by atoms with Crippen LogP contribution in [0.4, 0.5) is 11.4 Å². The molecule has 110 valence electrons. The van der Waals surface area contributed by atoms with Crippen LogP contribution in [0.2, 0.25) is 0 Å². The van der Waals surface area contributed by atoms with Crippen molar-refractivity contribution < 1.29 is 5.11 Å². The summed E-state index contributed by atoms with van der Waals surface area (Å²) in [6, 6.07) is 26.1. The van der Waals surface area contributed by atoms with Crippen molar-refractivity contribution in [1.29, 1.82) is 0 Å². The van der Waals surface area contributed by atoms with Crippen molar-refractivity contribution in [3.05, 3.63) is 90.0 Å². The lowest BCUT2D eigenvalue weighted by Gasteiger charge is -2.10. The Morgan fingerprint density at radius 1 is 0.682 bits per heavy atom. The molecule has 2 N–H and O–H groups in total. The number of anilines is 2. The topological polar surface area (TPSA) is 32.3 Å². The molecule has 2 heteroatoms. The maximum Gasteiger partial charge on any atom is 0.139 e. The molecule has 0 spiro atoms. The average Bonchev–Trinajstić information content (AvgIpc) is 2.57. The Bertz CT molecular complexity index is 723. The summed E-state index contributed by atoms with van der Waals surface area (Å²) in [5, 5.41) is 13.4. The van der Waals surface area contributed by atoms with Crippen LogP contribution in [0.25, 0.3) is 0 Å². The maximum absolute atomic E-state index is 10.2. The first-order valence-corrected chi connectivity index (χ1v) is 7.49. The highest BCUT2D eigenvalue weighted by Crippen LogP contribution is 2.28. The number of aryl methyl sites for hydroxylation is 2. The minimum Gasteiger partial charge on any atom is -0.506 e. The summed E-state index contributed by atoms with van der Waals surface area (Å²) in [7, 11) is 0. The molecular weight excluding hydrogens is 270 g/mol. The average molecular weight is 289 g/mol. The van der Waals surface area contributed by atoms with Gasteiger partial charge in [-0.05, 0) is 48.2 Å². The standard InChI is InChI=1S/C20H19NO/c22-20-15-17(12-11-16-7-3-1-4-8-16)13-14-19(20)21-18-9-5-2-6-10-18/h1-10,13-15,21-22H,11-12H2. The number of para-hydroxylation sites is 1. The Balaban J connectivity index is 1.67. The van der Waals surface area contributed by atoms with Crippen LogP contribution in [-0.4, -0.2) is 5.11 Å². The summed E-state index contributed by atoms with van der Waals surface area (Å²) in [5.41, 5.74) is 4.15. The zero-order valence-corrected chi connectivity index (χ0v) is 12.4. The largest absolute Gasteiger partial charge is 0.506 e. The highest BCUT2D eigenvalue weighted by molar-refractivity contribution is 5.66. The van der Waals surface area contributed by atoms with Gasteiger partial charge >= 0.3 is 0 Å². The van der Waals surface area contributed by atoms with Crippen LogP contribution in [0.1, 0.15) is 11.1 Å². The number of phenols is 1. The van der Waals surface area contributed by atoms with Crippen molar-refractivity contribution in [1.82, 2.24) is 0 Å². The molecule has 0 unspecified atom stereocenters. The Hall–Kier alpha value is -2.74. The van der Waals surface area contributed by atoms with E-state index in [0.29, 0.717) is 0 Å². The van der Waals surface area contributed by atoms with Crippen LogP contribution in [0.5, 0.6) is 5.75 Å². The predicted molar refractivity (Wildman–Crippen MR) is 91.7 cm³/mol. The van der Waals surface area contributed by atoms with Crippen LogP contribution in [0, 0.1) is 0 Å². The molecule has 3 aromatic rings. The van der Waals surface area contributed by atoms with Crippen molar-refractivity contribution in [2.24, 2.45) is 0 Å². The van der Waals surface area contributed by atoms with E-state index in [1.807, 2.05) is 48.5 Å². The van der Waals surface area contributed by atoms with Gasteiger partial charge in [0.1, 0.15) is 5.75 Å². The molecule has 0 bridgehead atoms. The van der Waals surface area contributed by atoms with Crippen molar-refractivity contribution in [3.63, 3.8) is 0 Å². The summed E-state index contributed by atoms with van der Waals surface area (Å²) in [4.78, 5) is 0. The molecule has 0 heterocycles. The van der Waals surface area contributed by atoms with Gasteiger partial charge in [-0.3, -0.25) is 0 Å². The first-order valence-electron chi connectivity index (χ1n) is 7.49. The first-order chi connectivity index (χ1) is 10.8. The van der Waals surface area contributed by atoms with E-state index in [1.54, 1.807) is 0 Å². The van der Waals surface area contributed by atoms with Gasteiger partial charge in [0.15, 0.2) is 0 Å². The molecule has 0 saturated heterocycles. The summed E-state index contributed by atoms with van der Waals surface area (Å²) in [6.45, 7) is 0. The first kappa shape index (κ1) is 14.2. The van der Waals surface area contributed by atoms with Gasteiger partial charge in [-0.15, -0.1) is 0 Å². The molecule has 3 rings (SSSR count). The highest BCUT2D eigenvalue weighted by atomic mass is 16.3. The third-order valence-corrected chi connectivity index (χ3v) is 3.66. The van der Waals surface area contributed by atoms with Crippen molar-refractivity contribution in [2.75, 3.05) is 5.32 Å². The van der Waals surface area contributed by atoms with E-state index < -0.39 is 0 Å². The van der Waals surface area contributed by atoms with E-state index in [2.05, 4.69) is 35.6 Å². The van der Waals surface area contributed by atoms with Crippen LogP contribution < -0.4 is 5.32 Å². The maximum atomic E-state index is 10.2. The van der Waals surface area contributed by atoms with Crippen molar-refractivity contribution in [3.8, 4) is 5.75 Å². The number of rotatable bonds is 5. The molecule has 0 radical (unpaired) electrons. The quantitative estimate of drug-likeness (QED) is 0.653. The summed E-state index contributed by atoms with van der Waals surface area (Å²) in [6.07, 6.45) is 1.90. The van der Waals surface area contributed by atoms with Gasteiger partial charge in [-0.1, -0.05) is 54.6 Å². The van der Waals surface area contributed by atoms with Crippen LogP contribution in [0.15, 0.2) is 78.9 Å². The van der Waals surface area contributed by atoms with E-state index in [-0.39, 0.29) is 5.75 Å². The van der Waals surface area contributed by atoms with E-state index >= 15 is 0 Å². The molecule has 0 saturated carbocycles. The highest BCUT2D eigenvalue weighted by Gasteiger charge is 2.03. The molecule has 0 aliphatic carbocycles. The zero-order valence-electron chi connectivity index (χ0n) is 12.4. The number of hydrogen-bond donors (Lipinski definition) is 2. The van der Waals surface area contributed by atoms with E-state index in [9.17, 15) is 5.11 Å². The Morgan fingerprint density at radius 2 is 1.32 bits per heavy atom. The monoisotopic (exact) mass is 289 g/mol. The summed E-state index contributed by atoms with van der Waals surface area (Å²) >= 11 is 0. The van der Waals surface area contributed by atoms with Gasteiger partial charge in [-0.25, -0.2) is 0 Å². The van der Waals surface area contributed by atoms with Gasteiger partial charge in [0.05, 0.1) is 5.69 Å². The molecule has 22 heavy (non-hydrogen) atoms. The fourth-order valence-electron chi connectivity index (χ4n) is 2.45. The van der Waals surface area contributed by atoms with Gasteiger partial charge in [0.2, 0.25) is 0 Å². The second-order valence-electron chi connectivity index (χ2n) is 5.33. The van der Waals surface area contributed by atoms with Crippen molar-refractivity contribution in [2.45, 2.75) is 12.8 Å². The second kappa shape index (κ2) is 6.81. The van der Waals surface area contributed by atoms with Crippen LogP contribution in [-0.2, 0) is 12.8 Å². The molecule has 0 atom stereocenters. The number of benzene rings is 3. The van der Waals surface area contributed by atoms with E-state index in [1.165, 1.54) is 5.56 Å². The predicted octanol–water partition coefficient (Wildman–Crippen LogP) is 4.92. The number of hydrogen-bond acceptors (Lipinski definition) is 2. The zero-order chi connectivity index (χ0) is 15.2. The third-order valence-electron chi connectivity index (χ3n) is 3.66. The lowest BCUT2D eigenvalue weighted by atomic mass is 10.0. The lowest BCUT2D eigenvalue weighted by Crippen LogP contribution is -1.94. The minimum atomic E-state index is 0.286. The molecule has 0 fully saturated rings. The normalized spacial score (nSPS) is 10.4. The van der Waals surface area contributed by atoms with Crippen LogP contribution in [0.3, 0.4) is 0 Å². The van der Waals surface area contributed by atoms with E-state index in [0.717, 1.165) is 29.8 Å². The second-order valence-corrected chi connectivity index (χ2v) is 5.33. The Labute approximate surface area is 131 Å². The van der Waals surface area contributed by atoms with Gasteiger partial charge in [-0.2, -0.15) is 0 Å². The van der Waals surface area contributed by atoms with Gasteiger partial charge < -0.3 is 10.4 Å². The van der Waals surface area contributed by atoms with Crippen molar-refractivity contribution >= 4 is 11.4 Å². The SMILES string of the molecule is Oc1cc(CCc2ccccc2)ccc1Nc1ccccc1. The molecular formula is C20H19NO. The van der Waals surface area contributed by atoms with Gasteiger partial charge in [0, 0.05) is 5.69 Å². The minimum absolute atomic E-state index is 0.286. The Morgan fingerprint density at radius 3 is 2.00 bits per heavy atom. The molecule has 0 amide bonds. The smallest absolute Gasteiger partial charge is 0.139 e. The number of nitrogens with one attached hydrogen (secondary N) is 1. The number of aromatic hydroxyl groups is 1. The summed E-state index contributed by atoms with van der Waals surface area (Å²) in [5.74, 6) is 0.286. The van der Waals surface area contributed by atoms with E-state index in [4.69, 9.17) is 0 Å². The Kier molecular flexibility index (Phi) is 4.40. The fraction of sp³-hybridized carbons (Fsp3) is 0.100. The molecule has 2 nitrogen and oxygen atoms in total. The van der Waals surface area contributed by atoms with Crippen LogP contribution >= 0.6 is 0 Å². The summed E-state index contributed by atoms with van der Waals surface area (Å²) < 4.78 is 0.